The number of benzene rings is 1. The van der Waals surface area contributed by atoms with Gasteiger partial charge in [0, 0.05) is 10.4 Å². The van der Waals surface area contributed by atoms with Crippen molar-refractivity contribution < 1.29 is 4.39 Å². The van der Waals surface area contributed by atoms with E-state index in [9.17, 15) is 4.39 Å². The summed E-state index contributed by atoms with van der Waals surface area (Å²) in [5.74, 6) is -0.171. The van der Waals surface area contributed by atoms with E-state index in [0.29, 0.717) is 16.1 Å². The molecule has 1 atom stereocenters. The van der Waals surface area contributed by atoms with E-state index in [4.69, 9.17) is 11.6 Å². The average molecular weight is 399 g/mol. The minimum absolute atomic E-state index is 0.170. The van der Waals surface area contributed by atoms with Gasteiger partial charge in [0.1, 0.15) is 5.82 Å². The minimum Gasteiger partial charge on any atom is -0.206 e. The van der Waals surface area contributed by atoms with E-state index in [1.807, 2.05) is 12.1 Å². The van der Waals surface area contributed by atoms with E-state index in [0.717, 1.165) is 8.66 Å². The number of thiophene rings is 1. The van der Waals surface area contributed by atoms with Crippen molar-refractivity contribution >= 4 is 54.8 Å². The molecule has 1 heterocycles. The second-order valence-corrected chi connectivity index (χ2v) is 7.34. The molecule has 0 radical (unpaired) electrons. The molecule has 5 heteroatoms. The summed E-state index contributed by atoms with van der Waals surface area (Å²) < 4.78 is 14.8. The van der Waals surface area contributed by atoms with Crippen LogP contribution in [0.5, 0.6) is 0 Å². The number of alkyl halides is 1. The summed E-state index contributed by atoms with van der Waals surface area (Å²) in [6.45, 7) is 1.76. The van der Waals surface area contributed by atoms with Crippen molar-refractivity contribution in [2.24, 2.45) is 0 Å². The van der Waals surface area contributed by atoms with Gasteiger partial charge in [-0.3, -0.25) is 0 Å². The molecular weight excluding hydrogens is 390 g/mol. The van der Waals surface area contributed by atoms with Crippen molar-refractivity contribution in [2.45, 2.75) is 11.8 Å². The van der Waals surface area contributed by atoms with Gasteiger partial charge in [-0.25, -0.2) is 4.39 Å². The Labute approximate surface area is 125 Å². The largest absolute Gasteiger partial charge is 0.206 e. The van der Waals surface area contributed by atoms with Crippen molar-refractivity contribution in [1.29, 1.82) is 0 Å². The van der Waals surface area contributed by atoms with Crippen molar-refractivity contribution in [1.82, 2.24) is 0 Å². The Hall–Kier alpha value is 0.1000. The van der Waals surface area contributed by atoms with Crippen LogP contribution in [0.1, 0.15) is 20.8 Å². The van der Waals surface area contributed by atoms with Gasteiger partial charge < -0.3 is 0 Å². The predicted octanol–water partition coefficient (Wildman–Crippen LogP) is 6.10. The highest BCUT2D eigenvalue weighted by atomic mass is 79.9. The van der Waals surface area contributed by atoms with Gasteiger partial charge in [0.05, 0.1) is 13.6 Å². The van der Waals surface area contributed by atoms with Crippen LogP contribution in [0.3, 0.4) is 0 Å². The summed E-state index contributed by atoms with van der Waals surface area (Å²) >= 11 is 14.4. The minimum atomic E-state index is -0.171. The molecule has 0 saturated carbocycles. The number of halogens is 4. The number of aryl methyl sites for hydroxylation is 1. The van der Waals surface area contributed by atoms with Crippen LogP contribution < -0.4 is 0 Å². The first-order valence-corrected chi connectivity index (χ1v) is 7.75. The summed E-state index contributed by atoms with van der Waals surface area (Å²) in [5, 5.41) is 0.655. The van der Waals surface area contributed by atoms with Crippen molar-refractivity contribution in [3.8, 4) is 0 Å². The van der Waals surface area contributed by atoms with E-state index in [2.05, 4.69) is 31.9 Å². The van der Waals surface area contributed by atoms with Gasteiger partial charge in [-0.1, -0.05) is 45.7 Å². The Morgan fingerprint density at radius 1 is 1.41 bits per heavy atom. The smallest absolute Gasteiger partial charge is 0.130 e. The van der Waals surface area contributed by atoms with Crippen LogP contribution in [0.4, 0.5) is 4.39 Å². The molecule has 0 aliphatic heterocycles. The molecule has 0 N–H and O–H groups in total. The van der Waals surface area contributed by atoms with E-state index in [-0.39, 0.29) is 10.6 Å². The summed E-state index contributed by atoms with van der Waals surface area (Å²) in [6, 6.07) is 7.24. The van der Waals surface area contributed by atoms with Crippen LogP contribution in [-0.2, 0) is 0 Å². The van der Waals surface area contributed by atoms with Crippen LogP contribution in [0.15, 0.2) is 28.1 Å². The number of hydrogen-bond acceptors (Lipinski definition) is 1. The lowest BCUT2D eigenvalue weighted by molar-refractivity contribution is 0.605. The lowest BCUT2D eigenvalue weighted by Gasteiger charge is -2.10. The Balaban J connectivity index is 2.43. The Kier molecular flexibility index (Phi) is 4.29. The maximum absolute atomic E-state index is 14.0. The van der Waals surface area contributed by atoms with Crippen LogP contribution in [0.25, 0.3) is 0 Å². The maximum atomic E-state index is 14.0. The molecule has 0 saturated heterocycles. The van der Waals surface area contributed by atoms with Crippen molar-refractivity contribution in [2.75, 3.05) is 0 Å². The molecule has 0 amide bonds. The molecule has 2 rings (SSSR count). The molecule has 1 aromatic heterocycles. The molecular formula is C12H8Br2ClFS. The Bertz CT molecular complexity index is 534. The van der Waals surface area contributed by atoms with Gasteiger partial charge in [0.15, 0.2) is 0 Å². The van der Waals surface area contributed by atoms with Gasteiger partial charge in [0.2, 0.25) is 0 Å². The van der Waals surface area contributed by atoms with Gasteiger partial charge in [-0.15, -0.1) is 11.3 Å². The first-order chi connectivity index (χ1) is 8.00. The monoisotopic (exact) mass is 396 g/mol. The fraction of sp³-hybridized carbons (Fsp3) is 0.167. The molecule has 0 aliphatic carbocycles. The summed E-state index contributed by atoms with van der Waals surface area (Å²) in [7, 11) is 0. The van der Waals surface area contributed by atoms with Gasteiger partial charge in [-0.2, -0.15) is 0 Å². The third kappa shape index (κ3) is 2.75. The molecule has 0 aliphatic rings. The quantitative estimate of drug-likeness (QED) is 0.537. The zero-order chi connectivity index (χ0) is 12.6. The zero-order valence-corrected chi connectivity index (χ0v) is 13.6. The van der Waals surface area contributed by atoms with E-state index in [1.54, 1.807) is 19.1 Å². The van der Waals surface area contributed by atoms with E-state index < -0.39 is 0 Å². The highest BCUT2D eigenvalue weighted by Crippen LogP contribution is 2.42. The standard InChI is InChI=1S/C12H8Br2ClFS/c1-6-3-2-4-7(11(6)16)10(13)9-5-8(15)12(14)17-9/h2-5,10H,1H3. The van der Waals surface area contributed by atoms with E-state index in [1.165, 1.54) is 11.3 Å². The van der Waals surface area contributed by atoms with E-state index >= 15 is 0 Å². The molecule has 17 heavy (non-hydrogen) atoms. The molecule has 1 aromatic carbocycles. The second kappa shape index (κ2) is 5.39. The lowest BCUT2D eigenvalue weighted by Crippen LogP contribution is -1.96. The van der Waals surface area contributed by atoms with Gasteiger partial charge in [0.25, 0.3) is 0 Å². The third-order valence-corrected chi connectivity index (χ3v) is 6.24. The van der Waals surface area contributed by atoms with Gasteiger partial charge >= 0.3 is 0 Å². The van der Waals surface area contributed by atoms with Crippen LogP contribution in [-0.4, -0.2) is 0 Å². The molecule has 1 unspecified atom stereocenters. The predicted molar refractivity (Wildman–Crippen MR) is 78.9 cm³/mol. The Morgan fingerprint density at radius 3 is 2.71 bits per heavy atom. The van der Waals surface area contributed by atoms with Crippen LogP contribution >= 0.6 is 54.8 Å². The SMILES string of the molecule is Cc1cccc(C(Br)c2cc(Cl)c(Br)s2)c1F. The highest BCUT2D eigenvalue weighted by molar-refractivity contribution is 9.11. The molecule has 2 aromatic rings. The molecule has 0 bridgehead atoms. The Morgan fingerprint density at radius 2 is 2.12 bits per heavy atom. The fourth-order valence-corrected chi connectivity index (χ4v) is 4.02. The van der Waals surface area contributed by atoms with Gasteiger partial charge in [-0.05, 0) is 34.5 Å². The summed E-state index contributed by atoms with van der Waals surface area (Å²) in [5.41, 5.74) is 1.28. The number of hydrogen-bond donors (Lipinski definition) is 0. The van der Waals surface area contributed by atoms with Crippen molar-refractivity contribution in [3.63, 3.8) is 0 Å². The zero-order valence-electron chi connectivity index (χ0n) is 8.81. The molecule has 0 spiro atoms. The first-order valence-electron chi connectivity index (χ1n) is 4.84. The first kappa shape index (κ1) is 13.5. The van der Waals surface area contributed by atoms with Crippen LogP contribution in [0, 0.1) is 12.7 Å². The fourth-order valence-electron chi connectivity index (χ4n) is 1.51. The summed E-state index contributed by atoms with van der Waals surface area (Å²) in [6.07, 6.45) is 0. The van der Waals surface area contributed by atoms with Crippen LogP contribution in [0.2, 0.25) is 5.02 Å². The third-order valence-electron chi connectivity index (χ3n) is 2.41. The maximum Gasteiger partial charge on any atom is 0.130 e. The second-order valence-electron chi connectivity index (χ2n) is 3.61. The lowest BCUT2D eigenvalue weighted by atomic mass is 10.1. The molecule has 0 fully saturated rings. The topological polar surface area (TPSA) is 0 Å². The number of rotatable bonds is 2. The average Bonchev–Trinajstić information content (AvgIpc) is 2.62. The van der Waals surface area contributed by atoms with Crippen molar-refractivity contribution in [3.05, 3.63) is 54.9 Å². The summed E-state index contributed by atoms with van der Waals surface area (Å²) in [4.78, 5) is 0.808. The highest BCUT2D eigenvalue weighted by Gasteiger charge is 2.19. The normalized spacial score (nSPS) is 12.8. The molecule has 0 nitrogen and oxygen atoms in total. The molecule has 90 valence electrons.